The number of aliphatic hydroxyl groups is 1. The minimum Gasteiger partial charge on any atom is -0.495 e. The number of nitrogens with zero attached hydrogens (tertiary/aromatic N) is 2. The molecule has 0 saturated heterocycles. The molecule has 0 spiro atoms. The normalized spacial score (nSPS) is 12.9. The fourth-order valence-corrected chi connectivity index (χ4v) is 1.28. The van der Waals surface area contributed by atoms with Crippen LogP contribution in [0.2, 0.25) is 0 Å². The van der Waals surface area contributed by atoms with Crippen LogP contribution in [-0.2, 0) is 0 Å². The third-order valence-corrected chi connectivity index (χ3v) is 2.20. The Kier molecular flexibility index (Phi) is 4.52. The monoisotopic (exact) mass is 210 g/mol. The van der Waals surface area contributed by atoms with Crippen molar-refractivity contribution in [2.75, 3.05) is 27.7 Å². The molecule has 0 saturated carbocycles. The van der Waals surface area contributed by atoms with Crippen molar-refractivity contribution in [1.29, 1.82) is 0 Å². The van der Waals surface area contributed by atoms with Gasteiger partial charge in [-0.3, -0.25) is 4.98 Å². The fraction of sp³-hybridized carbons (Fsp3) is 0.545. The first kappa shape index (κ1) is 11.9. The van der Waals surface area contributed by atoms with Gasteiger partial charge in [-0.05, 0) is 26.6 Å². The molecule has 1 aromatic heterocycles. The summed E-state index contributed by atoms with van der Waals surface area (Å²) in [7, 11) is 5.56. The topological polar surface area (TPSA) is 45.6 Å². The quantitative estimate of drug-likeness (QED) is 0.789. The number of hydrogen-bond donors (Lipinski definition) is 1. The van der Waals surface area contributed by atoms with Gasteiger partial charge in [-0.2, -0.15) is 0 Å². The average molecular weight is 210 g/mol. The Bertz CT molecular complexity index is 302. The lowest BCUT2D eigenvalue weighted by atomic mass is 10.1. The predicted molar refractivity (Wildman–Crippen MR) is 58.9 cm³/mol. The second-order valence-corrected chi connectivity index (χ2v) is 3.77. The van der Waals surface area contributed by atoms with E-state index in [0.717, 1.165) is 12.1 Å². The molecular formula is C11H18N2O2. The number of rotatable bonds is 5. The zero-order valence-electron chi connectivity index (χ0n) is 9.47. The van der Waals surface area contributed by atoms with E-state index < -0.39 is 6.10 Å². The smallest absolute Gasteiger partial charge is 0.137 e. The van der Waals surface area contributed by atoms with Gasteiger partial charge in [0.1, 0.15) is 5.75 Å². The molecular weight excluding hydrogens is 192 g/mol. The number of pyridine rings is 1. The summed E-state index contributed by atoms with van der Waals surface area (Å²) in [5, 5.41) is 9.87. The highest BCUT2D eigenvalue weighted by Crippen LogP contribution is 2.19. The van der Waals surface area contributed by atoms with E-state index in [1.54, 1.807) is 19.5 Å². The summed E-state index contributed by atoms with van der Waals surface area (Å²) in [4.78, 5) is 6.04. The zero-order valence-corrected chi connectivity index (χ0v) is 9.47. The zero-order chi connectivity index (χ0) is 11.3. The first-order valence-electron chi connectivity index (χ1n) is 4.95. The van der Waals surface area contributed by atoms with Crippen LogP contribution in [0.15, 0.2) is 18.5 Å². The molecule has 1 aromatic rings. The van der Waals surface area contributed by atoms with Gasteiger partial charge in [0.05, 0.1) is 19.4 Å². The van der Waals surface area contributed by atoms with Gasteiger partial charge in [0.2, 0.25) is 0 Å². The van der Waals surface area contributed by atoms with E-state index in [1.165, 1.54) is 0 Å². The number of ether oxygens (including phenoxy) is 1. The summed E-state index contributed by atoms with van der Waals surface area (Å²) >= 11 is 0. The maximum atomic E-state index is 9.87. The van der Waals surface area contributed by atoms with E-state index in [1.807, 2.05) is 25.1 Å². The lowest BCUT2D eigenvalue weighted by Crippen LogP contribution is -2.15. The Morgan fingerprint density at radius 1 is 1.47 bits per heavy atom. The molecule has 4 heteroatoms. The molecule has 4 nitrogen and oxygen atoms in total. The van der Waals surface area contributed by atoms with Crippen molar-refractivity contribution in [2.24, 2.45) is 0 Å². The molecule has 0 bridgehead atoms. The number of methoxy groups -OCH3 is 1. The molecule has 1 rings (SSSR count). The van der Waals surface area contributed by atoms with Crippen LogP contribution in [0, 0.1) is 0 Å². The van der Waals surface area contributed by atoms with Gasteiger partial charge in [-0.1, -0.05) is 0 Å². The molecule has 1 N–H and O–H groups in total. The highest BCUT2D eigenvalue weighted by atomic mass is 16.5. The Morgan fingerprint density at radius 3 is 2.80 bits per heavy atom. The SMILES string of the molecule is COc1cncc(C(O)CCN(C)C)c1. The Balaban J connectivity index is 2.60. The van der Waals surface area contributed by atoms with Crippen LogP contribution in [0.5, 0.6) is 5.75 Å². The first-order valence-corrected chi connectivity index (χ1v) is 4.95. The molecule has 0 fully saturated rings. The molecule has 1 unspecified atom stereocenters. The van der Waals surface area contributed by atoms with E-state index in [0.29, 0.717) is 12.2 Å². The molecule has 0 radical (unpaired) electrons. The largest absolute Gasteiger partial charge is 0.495 e. The van der Waals surface area contributed by atoms with E-state index in [-0.39, 0.29) is 0 Å². The van der Waals surface area contributed by atoms with Crippen molar-refractivity contribution in [3.8, 4) is 5.75 Å². The van der Waals surface area contributed by atoms with Crippen molar-refractivity contribution in [3.63, 3.8) is 0 Å². The lowest BCUT2D eigenvalue weighted by Gasteiger charge is -2.14. The third kappa shape index (κ3) is 3.85. The van der Waals surface area contributed by atoms with Gasteiger partial charge >= 0.3 is 0 Å². The minimum atomic E-state index is -0.477. The van der Waals surface area contributed by atoms with Crippen LogP contribution in [0.1, 0.15) is 18.1 Å². The van der Waals surface area contributed by atoms with Crippen molar-refractivity contribution >= 4 is 0 Å². The van der Waals surface area contributed by atoms with E-state index in [2.05, 4.69) is 4.98 Å². The van der Waals surface area contributed by atoms with Gasteiger partial charge in [-0.25, -0.2) is 0 Å². The van der Waals surface area contributed by atoms with Gasteiger partial charge < -0.3 is 14.7 Å². The van der Waals surface area contributed by atoms with E-state index in [9.17, 15) is 5.11 Å². The summed E-state index contributed by atoms with van der Waals surface area (Å²) < 4.78 is 5.05. The van der Waals surface area contributed by atoms with Crippen LogP contribution in [0.4, 0.5) is 0 Å². The molecule has 0 aliphatic heterocycles. The number of aromatic nitrogens is 1. The van der Waals surface area contributed by atoms with E-state index >= 15 is 0 Å². The summed E-state index contributed by atoms with van der Waals surface area (Å²) in [6.07, 6.45) is 3.52. The first-order chi connectivity index (χ1) is 7.13. The van der Waals surface area contributed by atoms with Crippen molar-refractivity contribution < 1.29 is 9.84 Å². The van der Waals surface area contributed by atoms with Crippen LogP contribution in [0.25, 0.3) is 0 Å². The van der Waals surface area contributed by atoms with Gasteiger partial charge in [0, 0.05) is 18.3 Å². The minimum absolute atomic E-state index is 0.477. The maximum Gasteiger partial charge on any atom is 0.137 e. The molecule has 1 heterocycles. The second-order valence-electron chi connectivity index (χ2n) is 3.77. The fourth-order valence-electron chi connectivity index (χ4n) is 1.28. The molecule has 0 amide bonds. The Morgan fingerprint density at radius 2 is 2.20 bits per heavy atom. The average Bonchev–Trinajstić information content (AvgIpc) is 2.26. The highest BCUT2D eigenvalue weighted by molar-refractivity contribution is 5.24. The van der Waals surface area contributed by atoms with Crippen molar-refractivity contribution in [2.45, 2.75) is 12.5 Å². The standard InChI is InChI=1S/C11H18N2O2/c1-13(2)5-4-11(14)9-6-10(15-3)8-12-7-9/h6-8,11,14H,4-5H2,1-3H3. The summed E-state index contributed by atoms with van der Waals surface area (Å²) in [5.74, 6) is 0.677. The highest BCUT2D eigenvalue weighted by Gasteiger charge is 2.09. The van der Waals surface area contributed by atoms with Gasteiger partial charge in [-0.15, -0.1) is 0 Å². The molecule has 84 valence electrons. The number of aliphatic hydroxyl groups excluding tert-OH is 1. The summed E-state index contributed by atoms with van der Waals surface area (Å²) in [6.45, 7) is 0.846. The van der Waals surface area contributed by atoms with Crippen LogP contribution in [-0.4, -0.2) is 42.7 Å². The summed E-state index contributed by atoms with van der Waals surface area (Å²) in [6, 6.07) is 1.81. The van der Waals surface area contributed by atoms with Gasteiger partial charge in [0.25, 0.3) is 0 Å². The van der Waals surface area contributed by atoms with Crippen LogP contribution < -0.4 is 4.74 Å². The molecule has 1 atom stereocenters. The van der Waals surface area contributed by atoms with E-state index in [4.69, 9.17) is 4.74 Å². The van der Waals surface area contributed by atoms with Gasteiger partial charge in [0.15, 0.2) is 0 Å². The van der Waals surface area contributed by atoms with Crippen LogP contribution in [0.3, 0.4) is 0 Å². The molecule has 15 heavy (non-hydrogen) atoms. The maximum absolute atomic E-state index is 9.87. The number of hydrogen-bond acceptors (Lipinski definition) is 4. The molecule has 0 aliphatic rings. The molecule has 0 aromatic carbocycles. The third-order valence-electron chi connectivity index (χ3n) is 2.20. The van der Waals surface area contributed by atoms with Crippen molar-refractivity contribution in [1.82, 2.24) is 9.88 Å². The lowest BCUT2D eigenvalue weighted by molar-refractivity contribution is 0.153. The Hall–Kier alpha value is -1.13. The Labute approximate surface area is 90.5 Å². The molecule has 0 aliphatic carbocycles. The summed E-state index contributed by atoms with van der Waals surface area (Å²) in [5.41, 5.74) is 0.802. The predicted octanol–water partition coefficient (Wildman–Crippen LogP) is 1.08. The second kappa shape index (κ2) is 5.68. The van der Waals surface area contributed by atoms with Crippen LogP contribution >= 0.6 is 0 Å². The van der Waals surface area contributed by atoms with Crippen molar-refractivity contribution in [3.05, 3.63) is 24.0 Å².